The average Bonchev–Trinajstić information content (AvgIpc) is 3.80. The van der Waals surface area contributed by atoms with Gasteiger partial charge in [-0.2, -0.15) is 5.10 Å². The van der Waals surface area contributed by atoms with E-state index in [1.54, 1.807) is 21.9 Å². The molecule has 5 amide bonds. The molecule has 3 aliphatic rings. The first-order valence-electron chi connectivity index (χ1n) is 18.6. The van der Waals surface area contributed by atoms with Crippen LogP contribution in [0, 0.1) is 5.92 Å². The molecule has 0 spiro atoms. The van der Waals surface area contributed by atoms with Gasteiger partial charge in [-0.1, -0.05) is 51.8 Å². The lowest BCUT2D eigenvalue weighted by molar-refractivity contribution is -0.140. The number of aromatic nitrogens is 2. The Morgan fingerprint density at radius 3 is 2.31 bits per heavy atom. The molecule has 278 valence electrons. The maximum absolute atomic E-state index is 13.8. The second-order valence-electron chi connectivity index (χ2n) is 13.9. The summed E-state index contributed by atoms with van der Waals surface area (Å²) in [6.07, 6.45) is 7.52. The minimum absolute atomic E-state index is 0.0332. The lowest BCUT2D eigenvalue weighted by Gasteiger charge is -2.35. The minimum Gasteiger partial charge on any atom is -0.467 e. The molecule has 3 heterocycles. The highest BCUT2D eigenvalue weighted by molar-refractivity contribution is 5.96. The Morgan fingerprint density at radius 2 is 1.65 bits per heavy atom. The molecule has 5 rings (SSSR count). The lowest BCUT2D eigenvalue weighted by atomic mass is 9.93. The number of rotatable bonds is 15. The van der Waals surface area contributed by atoms with Gasteiger partial charge in [0.15, 0.2) is 12.3 Å². The monoisotopic (exact) mass is 707 g/mol. The fraction of sp³-hybridized carbons (Fsp3) is 0.622. The molecule has 0 radical (unpaired) electrons. The van der Waals surface area contributed by atoms with Crippen LogP contribution in [0.3, 0.4) is 0 Å². The van der Waals surface area contributed by atoms with Crippen LogP contribution in [-0.2, 0) is 19.1 Å². The van der Waals surface area contributed by atoms with Gasteiger partial charge in [-0.25, -0.2) is 9.48 Å². The van der Waals surface area contributed by atoms with Crippen molar-refractivity contribution in [2.24, 2.45) is 5.92 Å². The number of carbonyl (C=O) groups is 5. The number of carbonyl (C=O) groups excluding carboxylic acids is 5. The summed E-state index contributed by atoms with van der Waals surface area (Å²) in [6, 6.07) is 9.37. The number of hydrogen-bond donors (Lipinski definition) is 3. The van der Waals surface area contributed by atoms with Crippen LogP contribution < -0.4 is 20.7 Å². The summed E-state index contributed by atoms with van der Waals surface area (Å²) >= 11 is 0. The summed E-state index contributed by atoms with van der Waals surface area (Å²) in [6.45, 7) is 7.32. The molecular formula is C37H53N7O7. The molecule has 1 saturated carbocycles. The SMILES string of the molecule is CCCCOC(=O)NC1CCN(C(=O)[C@@H](NC(=O)c2cc(OCC(=O)N3CCCC3C(=O)NC3CCC3)n(-c3ccccc3)n2)[C@@H](C)CC)CC1. The quantitative estimate of drug-likeness (QED) is 0.237. The number of amides is 5. The highest BCUT2D eigenvalue weighted by Crippen LogP contribution is 2.24. The van der Waals surface area contributed by atoms with Gasteiger partial charge in [0.05, 0.1) is 12.3 Å². The standard InChI is InChI=1S/C37H53N7O7/c1-4-6-22-50-37(49)39-27-17-20-42(21-18-27)36(48)33(25(3)5-2)40-34(46)29-23-32(44(41-29)28-14-8-7-9-15-28)51-24-31(45)43-19-11-16-30(43)35(47)38-26-12-10-13-26/h7-9,14-15,23,25-27,30,33H,4-6,10-13,16-22,24H2,1-3H3,(H,38,47)(H,39,49)(H,40,46)/t25-,30?,33-/m0/s1. The van der Waals surface area contributed by atoms with E-state index in [0.717, 1.165) is 38.5 Å². The third kappa shape index (κ3) is 9.79. The van der Waals surface area contributed by atoms with Crippen LogP contribution in [0.2, 0.25) is 0 Å². The van der Waals surface area contributed by atoms with Crippen LogP contribution >= 0.6 is 0 Å². The third-order valence-electron chi connectivity index (χ3n) is 10.2. The maximum atomic E-state index is 13.8. The van der Waals surface area contributed by atoms with E-state index >= 15 is 0 Å². The summed E-state index contributed by atoms with van der Waals surface area (Å²) < 4.78 is 12.7. The molecule has 0 bridgehead atoms. The molecule has 14 heteroatoms. The molecule has 2 saturated heterocycles. The normalized spacial score (nSPS) is 19.1. The van der Waals surface area contributed by atoms with E-state index in [9.17, 15) is 24.0 Å². The summed E-state index contributed by atoms with van der Waals surface area (Å²) in [5.41, 5.74) is 0.657. The third-order valence-corrected chi connectivity index (χ3v) is 10.2. The molecule has 3 fully saturated rings. The number of hydrogen-bond acceptors (Lipinski definition) is 8. The molecule has 2 aromatic rings. The van der Waals surface area contributed by atoms with E-state index in [-0.39, 0.29) is 53.9 Å². The van der Waals surface area contributed by atoms with Crippen molar-refractivity contribution in [1.82, 2.24) is 35.5 Å². The second-order valence-corrected chi connectivity index (χ2v) is 13.9. The van der Waals surface area contributed by atoms with Crippen LogP contribution in [0.5, 0.6) is 5.88 Å². The molecule has 2 aliphatic heterocycles. The van der Waals surface area contributed by atoms with Crippen molar-refractivity contribution in [2.75, 3.05) is 32.8 Å². The number of unbranched alkanes of at least 4 members (excludes halogenated alkanes) is 1. The Morgan fingerprint density at radius 1 is 0.922 bits per heavy atom. The summed E-state index contributed by atoms with van der Waals surface area (Å²) in [7, 11) is 0. The molecule has 1 aliphatic carbocycles. The molecule has 1 unspecified atom stereocenters. The van der Waals surface area contributed by atoms with Crippen molar-refractivity contribution in [3.05, 3.63) is 42.1 Å². The highest BCUT2D eigenvalue weighted by Gasteiger charge is 2.37. The lowest BCUT2D eigenvalue weighted by Crippen LogP contribution is -2.55. The molecule has 3 atom stereocenters. The Hall–Kier alpha value is -4.62. The number of alkyl carbamates (subject to hydrolysis) is 1. The molecule has 1 aromatic carbocycles. The van der Waals surface area contributed by atoms with Crippen LogP contribution in [0.25, 0.3) is 5.69 Å². The first kappa shape index (κ1) is 37.6. The van der Waals surface area contributed by atoms with E-state index in [1.165, 1.54) is 10.7 Å². The molecule has 1 aromatic heterocycles. The smallest absolute Gasteiger partial charge is 0.407 e. The van der Waals surface area contributed by atoms with Crippen molar-refractivity contribution in [1.29, 1.82) is 0 Å². The van der Waals surface area contributed by atoms with E-state index in [2.05, 4.69) is 21.0 Å². The van der Waals surface area contributed by atoms with Gasteiger partial charge in [-0.3, -0.25) is 19.2 Å². The molecule has 14 nitrogen and oxygen atoms in total. The zero-order valence-electron chi connectivity index (χ0n) is 30.1. The van der Waals surface area contributed by atoms with Crippen LogP contribution in [0.15, 0.2) is 36.4 Å². The molecule has 51 heavy (non-hydrogen) atoms. The van der Waals surface area contributed by atoms with Crippen molar-refractivity contribution < 1.29 is 33.4 Å². The summed E-state index contributed by atoms with van der Waals surface area (Å²) in [4.78, 5) is 69.2. The summed E-state index contributed by atoms with van der Waals surface area (Å²) in [5, 5.41) is 13.4. The first-order valence-corrected chi connectivity index (χ1v) is 18.6. The maximum Gasteiger partial charge on any atom is 0.407 e. The Bertz CT molecular complexity index is 1500. The summed E-state index contributed by atoms with van der Waals surface area (Å²) in [5.74, 6) is -1.14. The van der Waals surface area contributed by atoms with Crippen molar-refractivity contribution in [2.45, 2.75) is 109 Å². The Balaban J connectivity index is 1.23. The number of likely N-dealkylation sites (tertiary alicyclic amines) is 2. The average molecular weight is 708 g/mol. The number of benzene rings is 1. The highest BCUT2D eigenvalue weighted by atomic mass is 16.5. The van der Waals surface area contributed by atoms with Crippen LogP contribution in [0.1, 0.15) is 95.5 Å². The van der Waals surface area contributed by atoms with E-state index in [4.69, 9.17) is 9.47 Å². The fourth-order valence-corrected chi connectivity index (χ4v) is 6.59. The Kier molecular flexibility index (Phi) is 13.3. The number of nitrogens with one attached hydrogen (secondary N) is 3. The Labute approximate surface area is 300 Å². The van der Waals surface area contributed by atoms with E-state index in [0.29, 0.717) is 57.6 Å². The van der Waals surface area contributed by atoms with Gasteiger partial charge in [0.2, 0.25) is 17.7 Å². The molecule has 3 N–H and O–H groups in total. The van der Waals surface area contributed by atoms with Gasteiger partial charge in [0.1, 0.15) is 12.1 Å². The largest absolute Gasteiger partial charge is 0.467 e. The predicted molar refractivity (Wildman–Crippen MR) is 189 cm³/mol. The minimum atomic E-state index is -0.794. The van der Waals surface area contributed by atoms with Gasteiger partial charge in [-0.15, -0.1) is 0 Å². The number of nitrogens with zero attached hydrogens (tertiary/aromatic N) is 4. The van der Waals surface area contributed by atoms with Crippen LogP contribution in [-0.4, -0.2) is 106 Å². The number of para-hydroxylation sites is 1. The van der Waals surface area contributed by atoms with E-state index < -0.39 is 24.1 Å². The fourth-order valence-electron chi connectivity index (χ4n) is 6.59. The van der Waals surface area contributed by atoms with Crippen molar-refractivity contribution in [3.63, 3.8) is 0 Å². The first-order chi connectivity index (χ1) is 24.7. The van der Waals surface area contributed by atoms with E-state index in [1.807, 2.05) is 39.0 Å². The topological polar surface area (TPSA) is 164 Å². The number of ether oxygens (including phenoxy) is 2. The zero-order chi connectivity index (χ0) is 36.3. The number of piperidine rings is 1. The van der Waals surface area contributed by atoms with Gasteiger partial charge < -0.3 is 35.2 Å². The van der Waals surface area contributed by atoms with Gasteiger partial charge in [0.25, 0.3) is 11.8 Å². The van der Waals surface area contributed by atoms with Gasteiger partial charge in [0, 0.05) is 37.8 Å². The van der Waals surface area contributed by atoms with Gasteiger partial charge >= 0.3 is 6.09 Å². The zero-order valence-corrected chi connectivity index (χ0v) is 30.1. The second kappa shape index (κ2) is 18.0. The van der Waals surface area contributed by atoms with Gasteiger partial charge in [-0.05, 0) is 69.4 Å². The van der Waals surface area contributed by atoms with Crippen molar-refractivity contribution >= 4 is 29.7 Å². The molecular weight excluding hydrogens is 654 g/mol. The van der Waals surface area contributed by atoms with Crippen molar-refractivity contribution in [3.8, 4) is 11.6 Å². The van der Waals surface area contributed by atoms with Crippen LogP contribution in [0.4, 0.5) is 4.79 Å². The predicted octanol–water partition coefficient (Wildman–Crippen LogP) is 3.57.